The van der Waals surface area contributed by atoms with Gasteiger partial charge in [-0.05, 0) is 31.0 Å². The van der Waals surface area contributed by atoms with Gasteiger partial charge in [-0.3, -0.25) is 9.63 Å². The average molecular weight is 399 g/mol. The zero-order chi connectivity index (χ0) is 19.6. The highest BCUT2D eigenvalue weighted by atomic mass is 32.2. The van der Waals surface area contributed by atoms with Crippen molar-refractivity contribution in [3.63, 3.8) is 0 Å². The molecule has 1 aliphatic rings. The van der Waals surface area contributed by atoms with E-state index in [1.54, 1.807) is 13.2 Å². The van der Waals surface area contributed by atoms with E-state index in [-0.39, 0.29) is 19.1 Å². The summed E-state index contributed by atoms with van der Waals surface area (Å²) >= 11 is 0. The first-order valence-electron chi connectivity index (χ1n) is 9.29. The maximum atomic E-state index is 13.0. The molecular weight excluding hydrogens is 368 g/mol. The first kappa shape index (κ1) is 21.8. The molecule has 1 fully saturated rings. The summed E-state index contributed by atoms with van der Waals surface area (Å²) in [6, 6.07) is 5.48. The summed E-state index contributed by atoms with van der Waals surface area (Å²) in [7, 11) is 3.32. The molecule has 1 unspecified atom stereocenters. The zero-order valence-corrected chi connectivity index (χ0v) is 17.3. The van der Waals surface area contributed by atoms with Crippen molar-refractivity contribution >= 4 is 16.9 Å². The van der Waals surface area contributed by atoms with Crippen LogP contribution in [0.3, 0.4) is 0 Å². The van der Waals surface area contributed by atoms with E-state index in [0.29, 0.717) is 5.75 Å². The number of hydrogen-bond acceptors (Lipinski definition) is 5. The van der Waals surface area contributed by atoms with Crippen LogP contribution in [0, 0.1) is 0 Å². The Bertz CT molecular complexity index is 633. The van der Waals surface area contributed by atoms with Gasteiger partial charge in [-0.1, -0.05) is 19.3 Å². The highest BCUT2D eigenvalue weighted by Crippen LogP contribution is 2.24. The highest BCUT2D eigenvalue weighted by Gasteiger charge is 2.18. The minimum absolute atomic E-state index is 0.104. The smallest absolute Gasteiger partial charge is 0.271 e. The number of amides is 1. The lowest BCUT2D eigenvalue weighted by Gasteiger charge is -2.23. The first-order chi connectivity index (χ1) is 13.1. The van der Waals surface area contributed by atoms with Gasteiger partial charge in [0.15, 0.2) is 0 Å². The molecule has 1 saturated heterocycles. The average Bonchev–Trinajstić information content (AvgIpc) is 2.66. The summed E-state index contributed by atoms with van der Waals surface area (Å²) in [5, 5.41) is 1.12. The van der Waals surface area contributed by atoms with Gasteiger partial charge in [-0.2, -0.15) is 0 Å². The van der Waals surface area contributed by atoms with E-state index in [2.05, 4.69) is 0 Å². The van der Waals surface area contributed by atoms with Crippen LogP contribution in [0.4, 0.5) is 0 Å². The molecule has 0 saturated carbocycles. The van der Waals surface area contributed by atoms with Gasteiger partial charge in [0.05, 0.1) is 25.7 Å². The number of carbonyl (C=O) groups excluding carboxylic acids is 1. The van der Waals surface area contributed by atoms with Crippen LogP contribution < -0.4 is 4.74 Å². The van der Waals surface area contributed by atoms with Gasteiger partial charge in [0.2, 0.25) is 0 Å². The van der Waals surface area contributed by atoms with Crippen molar-refractivity contribution in [2.45, 2.75) is 43.6 Å². The molecule has 0 radical (unpaired) electrons. The van der Waals surface area contributed by atoms with E-state index in [9.17, 15) is 9.00 Å². The van der Waals surface area contributed by atoms with Crippen molar-refractivity contribution in [1.82, 2.24) is 9.37 Å². The minimum atomic E-state index is -1.21. The number of hydrogen-bond donors (Lipinski definition) is 0. The van der Waals surface area contributed by atoms with Crippen LogP contribution >= 0.6 is 0 Å². The van der Waals surface area contributed by atoms with Crippen molar-refractivity contribution in [3.8, 4) is 5.75 Å². The molecule has 0 bridgehead atoms. The number of benzene rings is 1. The maximum Gasteiger partial charge on any atom is 0.271 e. The van der Waals surface area contributed by atoms with Crippen molar-refractivity contribution in [3.05, 3.63) is 23.8 Å². The van der Waals surface area contributed by atoms with E-state index in [0.717, 1.165) is 41.5 Å². The fourth-order valence-electron chi connectivity index (χ4n) is 2.95. The zero-order valence-electron chi connectivity index (χ0n) is 16.4. The van der Waals surface area contributed by atoms with Crippen molar-refractivity contribution in [2.75, 3.05) is 41.0 Å². The molecule has 1 aromatic rings. The molecule has 0 aromatic heterocycles. The van der Waals surface area contributed by atoms with Gasteiger partial charge in [0.25, 0.3) is 5.91 Å². The SMILES string of the molecule is COc1ccc(S(=O)N2CCCCCCC2)cc1COCC(=O)N(C)OC. The van der Waals surface area contributed by atoms with E-state index in [1.807, 2.05) is 16.4 Å². The lowest BCUT2D eigenvalue weighted by Crippen LogP contribution is -2.29. The van der Waals surface area contributed by atoms with Crippen LogP contribution in [-0.2, 0) is 32.0 Å². The second-order valence-electron chi connectivity index (χ2n) is 6.49. The fraction of sp³-hybridized carbons (Fsp3) is 0.632. The van der Waals surface area contributed by atoms with Crippen LogP contribution in [0.2, 0.25) is 0 Å². The van der Waals surface area contributed by atoms with Crippen LogP contribution in [-0.4, -0.2) is 60.4 Å². The topological polar surface area (TPSA) is 68.3 Å². The second-order valence-corrected chi connectivity index (χ2v) is 7.97. The van der Waals surface area contributed by atoms with Crippen molar-refractivity contribution in [1.29, 1.82) is 0 Å². The van der Waals surface area contributed by atoms with E-state index >= 15 is 0 Å². The molecule has 1 atom stereocenters. The normalized spacial score (nSPS) is 17.0. The molecule has 0 N–H and O–H groups in total. The van der Waals surface area contributed by atoms with E-state index in [4.69, 9.17) is 14.3 Å². The molecule has 1 aliphatic heterocycles. The maximum absolute atomic E-state index is 13.0. The summed E-state index contributed by atoms with van der Waals surface area (Å²) in [4.78, 5) is 17.3. The second kappa shape index (κ2) is 11.4. The summed E-state index contributed by atoms with van der Waals surface area (Å²) in [6.07, 6.45) is 5.81. The Hall–Kier alpha value is -1.48. The Morgan fingerprint density at radius 2 is 1.81 bits per heavy atom. The van der Waals surface area contributed by atoms with Gasteiger partial charge in [-0.25, -0.2) is 13.6 Å². The number of hydroxylamine groups is 2. The molecule has 0 spiro atoms. The Balaban J connectivity index is 2.04. The summed E-state index contributed by atoms with van der Waals surface area (Å²) < 4.78 is 25.9. The van der Waals surface area contributed by atoms with Crippen molar-refractivity contribution in [2.24, 2.45) is 0 Å². The summed E-state index contributed by atoms with van der Waals surface area (Å²) in [6.45, 7) is 1.79. The minimum Gasteiger partial charge on any atom is -0.496 e. The lowest BCUT2D eigenvalue weighted by atomic mass is 10.1. The molecule has 1 amide bonds. The van der Waals surface area contributed by atoms with Gasteiger partial charge in [-0.15, -0.1) is 0 Å². The molecular formula is C19H30N2O5S. The van der Waals surface area contributed by atoms with Crippen LogP contribution in [0.25, 0.3) is 0 Å². The van der Waals surface area contributed by atoms with Gasteiger partial charge in [0, 0.05) is 25.7 Å². The Morgan fingerprint density at radius 1 is 1.15 bits per heavy atom. The fourth-order valence-corrected chi connectivity index (χ4v) is 4.27. The van der Waals surface area contributed by atoms with Gasteiger partial charge in [0.1, 0.15) is 23.3 Å². The van der Waals surface area contributed by atoms with Crippen LogP contribution in [0.15, 0.2) is 23.1 Å². The molecule has 0 aliphatic carbocycles. The monoisotopic (exact) mass is 398 g/mol. The molecule has 152 valence electrons. The standard InChI is InChI=1S/C19H30N2O5S/c1-20(25-3)19(22)15-26-14-16-13-17(9-10-18(16)24-2)27(23)21-11-7-5-4-6-8-12-21/h9-10,13H,4-8,11-12,14-15H2,1-3H3. The molecule has 1 heterocycles. The number of rotatable bonds is 8. The predicted molar refractivity (Wildman–Crippen MR) is 103 cm³/mol. The molecule has 27 heavy (non-hydrogen) atoms. The number of methoxy groups -OCH3 is 1. The lowest BCUT2D eigenvalue weighted by molar-refractivity contribution is -0.173. The number of likely N-dealkylation sites (N-methyl/N-ethyl adjacent to an activating group) is 1. The number of nitrogens with zero attached hydrogens (tertiary/aromatic N) is 2. The highest BCUT2D eigenvalue weighted by molar-refractivity contribution is 7.82. The van der Waals surface area contributed by atoms with Crippen LogP contribution in [0.1, 0.15) is 37.7 Å². The Labute approximate surface area is 164 Å². The van der Waals surface area contributed by atoms with E-state index < -0.39 is 11.0 Å². The van der Waals surface area contributed by atoms with Crippen molar-refractivity contribution < 1.29 is 23.3 Å². The summed E-state index contributed by atoms with van der Waals surface area (Å²) in [5.41, 5.74) is 0.767. The molecule has 2 rings (SSSR count). The number of carbonyl (C=O) groups is 1. The quantitative estimate of drug-likeness (QED) is 0.630. The molecule has 8 heteroatoms. The largest absolute Gasteiger partial charge is 0.496 e. The van der Waals surface area contributed by atoms with Crippen LogP contribution in [0.5, 0.6) is 5.75 Å². The first-order valence-corrected chi connectivity index (χ1v) is 10.4. The van der Waals surface area contributed by atoms with Gasteiger partial charge >= 0.3 is 0 Å². The molecule has 1 aromatic carbocycles. The summed E-state index contributed by atoms with van der Waals surface area (Å²) in [5.74, 6) is 0.368. The Morgan fingerprint density at radius 3 is 2.44 bits per heavy atom. The van der Waals surface area contributed by atoms with E-state index in [1.165, 1.54) is 33.4 Å². The predicted octanol–water partition coefficient (Wildman–Crippen LogP) is 2.52. The third kappa shape index (κ3) is 6.57. The third-order valence-electron chi connectivity index (χ3n) is 4.61. The van der Waals surface area contributed by atoms with Gasteiger partial charge < -0.3 is 9.47 Å². The Kier molecular flexibility index (Phi) is 9.20. The molecule has 7 nitrogen and oxygen atoms in total. The third-order valence-corrected chi connectivity index (χ3v) is 6.10. The number of ether oxygens (including phenoxy) is 2.